The highest BCUT2D eigenvalue weighted by molar-refractivity contribution is 7.99. The second kappa shape index (κ2) is 16.3. The summed E-state index contributed by atoms with van der Waals surface area (Å²) >= 11 is 1.51. The minimum Gasteiger partial charge on any atom is -0.392 e. The molecule has 0 unspecified atom stereocenters. The number of nitrogens with zero attached hydrogens (tertiary/aromatic N) is 4. The number of aliphatic hydroxyl groups excluding tert-OH is 1. The molecule has 13 heteroatoms. The average Bonchev–Trinajstić information content (AvgIpc) is 3.56. The number of unbranched alkanes of at least 4 members (excludes halogenated alkanes) is 2. The minimum absolute atomic E-state index is 0.0286. The van der Waals surface area contributed by atoms with Crippen LogP contribution in [0.15, 0.2) is 84.0 Å². The zero-order chi connectivity index (χ0) is 31.4. The van der Waals surface area contributed by atoms with E-state index in [4.69, 9.17) is 14.7 Å². The van der Waals surface area contributed by atoms with Gasteiger partial charge in [-0.25, -0.2) is 5.48 Å². The van der Waals surface area contributed by atoms with Crippen LogP contribution in [-0.2, 0) is 25.7 Å². The third kappa shape index (κ3) is 9.19. The van der Waals surface area contributed by atoms with E-state index < -0.39 is 12.2 Å². The van der Waals surface area contributed by atoms with Crippen molar-refractivity contribution in [3.63, 3.8) is 0 Å². The first-order valence-electron chi connectivity index (χ1n) is 14.8. The van der Waals surface area contributed by atoms with Crippen molar-refractivity contribution < 1.29 is 29.4 Å². The highest BCUT2D eigenvalue weighted by Crippen LogP contribution is 2.39. The number of amides is 2. The number of para-hydroxylation sites is 1. The van der Waals surface area contributed by atoms with Crippen molar-refractivity contribution in [1.29, 1.82) is 0 Å². The molecule has 4 aromatic rings. The fraction of sp³-hybridized carbons (Fsp3) is 0.344. The van der Waals surface area contributed by atoms with Gasteiger partial charge < -0.3 is 19.9 Å². The number of hydrogen-bond donors (Lipinski definition) is 4. The molecule has 5 rings (SSSR count). The summed E-state index contributed by atoms with van der Waals surface area (Å²) in [7, 11) is 0. The molecule has 0 radical (unpaired) electrons. The lowest BCUT2D eigenvalue weighted by Gasteiger charge is -2.36. The van der Waals surface area contributed by atoms with Gasteiger partial charge in [-0.1, -0.05) is 72.8 Å². The number of hydroxylamine groups is 1. The molecule has 0 bridgehead atoms. The summed E-state index contributed by atoms with van der Waals surface area (Å²) in [5, 5.41) is 33.8. The molecule has 0 aliphatic carbocycles. The van der Waals surface area contributed by atoms with E-state index >= 15 is 0 Å². The van der Waals surface area contributed by atoms with E-state index in [9.17, 15) is 14.7 Å². The van der Waals surface area contributed by atoms with Gasteiger partial charge in [0.25, 0.3) is 0 Å². The summed E-state index contributed by atoms with van der Waals surface area (Å²) in [4.78, 5) is 23.5. The molecule has 1 saturated heterocycles. The number of anilines is 1. The molecule has 2 heterocycles. The van der Waals surface area contributed by atoms with Gasteiger partial charge in [0.05, 0.1) is 24.5 Å². The molecule has 1 aliphatic rings. The smallest absolute Gasteiger partial charge is 0.243 e. The van der Waals surface area contributed by atoms with E-state index in [1.165, 1.54) is 11.8 Å². The van der Waals surface area contributed by atoms with E-state index in [0.29, 0.717) is 48.7 Å². The van der Waals surface area contributed by atoms with Gasteiger partial charge in [0, 0.05) is 36.3 Å². The normalized spacial score (nSPS) is 18.0. The quantitative estimate of drug-likeness (QED) is 0.0652. The topological polar surface area (TPSA) is 161 Å². The number of tetrazole rings is 1. The molecular weight excluding hydrogens is 596 g/mol. The van der Waals surface area contributed by atoms with Crippen molar-refractivity contribution in [2.24, 2.45) is 0 Å². The fourth-order valence-corrected chi connectivity index (χ4v) is 5.85. The van der Waals surface area contributed by atoms with Crippen LogP contribution in [0.25, 0.3) is 5.69 Å². The highest BCUT2D eigenvalue weighted by atomic mass is 32.2. The summed E-state index contributed by atoms with van der Waals surface area (Å²) < 4.78 is 14.6. The number of aromatic nitrogens is 4. The first-order chi connectivity index (χ1) is 22.0. The monoisotopic (exact) mass is 632 g/mol. The lowest BCUT2D eigenvalue weighted by molar-refractivity contribution is -0.245. The fourth-order valence-electron chi connectivity index (χ4n) is 4.94. The van der Waals surface area contributed by atoms with Gasteiger partial charge in [0.2, 0.25) is 17.0 Å². The standard InChI is InChI=1S/C32H36N6O6S/c39-20-22-11-13-23(14-12-22)28-19-27(21-45-32-34-36-37-38(32)26-7-3-1-4-8-26)43-31(44-28)24-15-17-25(18-16-24)33-29(40)9-5-2-6-10-30(41)35-42/h1,3-4,7-8,11-18,27-28,31,39,42H,2,5-6,9-10,19-21H2,(H,33,40)(H,35,41)/t27-,28+,31+/m0/s1. The Morgan fingerprint density at radius 3 is 2.31 bits per heavy atom. The summed E-state index contributed by atoms with van der Waals surface area (Å²) in [5.41, 5.74) is 5.78. The van der Waals surface area contributed by atoms with Gasteiger partial charge in [-0.2, -0.15) is 4.68 Å². The first-order valence-corrected chi connectivity index (χ1v) is 15.8. The maximum absolute atomic E-state index is 12.4. The number of benzene rings is 3. The molecule has 12 nitrogen and oxygen atoms in total. The van der Waals surface area contributed by atoms with Crippen LogP contribution in [0.3, 0.4) is 0 Å². The molecule has 1 aliphatic heterocycles. The van der Waals surface area contributed by atoms with E-state index in [-0.39, 0.29) is 31.1 Å². The van der Waals surface area contributed by atoms with Crippen LogP contribution in [0.1, 0.15) is 67.6 Å². The Morgan fingerprint density at radius 2 is 1.60 bits per heavy atom. The maximum atomic E-state index is 12.4. The van der Waals surface area contributed by atoms with Gasteiger partial charge >= 0.3 is 0 Å². The van der Waals surface area contributed by atoms with Crippen molar-refractivity contribution in [2.45, 2.75) is 68.8 Å². The molecule has 0 spiro atoms. The Labute approximate surface area is 265 Å². The summed E-state index contributed by atoms with van der Waals surface area (Å²) in [6, 6.07) is 24.8. The van der Waals surface area contributed by atoms with Crippen LogP contribution in [0.2, 0.25) is 0 Å². The zero-order valence-corrected chi connectivity index (χ0v) is 25.4. The Hall–Kier alpha value is -4.14. The predicted octanol–water partition coefficient (Wildman–Crippen LogP) is 4.89. The van der Waals surface area contributed by atoms with Crippen LogP contribution in [0.5, 0.6) is 0 Å². The second-order valence-electron chi connectivity index (χ2n) is 10.6. The van der Waals surface area contributed by atoms with Gasteiger partial charge in [-0.3, -0.25) is 14.8 Å². The third-order valence-electron chi connectivity index (χ3n) is 7.35. The molecule has 3 atom stereocenters. The Balaban J connectivity index is 1.22. The summed E-state index contributed by atoms with van der Waals surface area (Å²) in [5.74, 6) is 0.0593. The Morgan fingerprint density at radius 1 is 0.889 bits per heavy atom. The molecule has 1 aromatic heterocycles. The molecule has 1 fully saturated rings. The Bertz CT molecular complexity index is 1520. The average molecular weight is 633 g/mol. The predicted molar refractivity (Wildman–Crippen MR) is 166 cm³/mol. The summed E-state index contributed by atoms with van der Waals surface area (Å²) in [6.45, 7) is -0.0286. The number of ether oxygens (including phenoxy) is 2. The number of rotatable bonds is 14. The van der Waals surface area contributed by atoms with Gasteiger partial charge in [-0.05, 0) is 58.7 Å². The Kier molecular flexibility index (Phi) is 11.6. The zero-order valence-electron chi connectivity index (χ0n) is 24.6. The van der Waals surface area contributed by atoms with E-state index in [0.717, 1.165) is 22.4 Å². The highest BCUT2D eigenvalue weighted by Gasteiger charge is 2.32. The number of hydrogen-bond acceptors (Lipinski definition) is 10. The molecule has 45 heavy (non-hydrogen) atoms. The third-order valence-corrected chi connectivity index (χ3v) is 8.41. The molecule has 3 aromatic carbocycles. The first kappa shape index (κ1) is 32.3. The van der Waals surface area contributed by atoms with Crippen molar-refractivity contribution in [1.82, 2.24) is 25.7 Å². The number of carbonyl (C=O) groups is 2. The molecule has 0 saturated carbocycles. The molecule has 4 N–H and O–H groups in total. The van der Waals surface area contributed by atoms with E-state index in [2.05, 4.69) is 20.8 Å². The number of thioether (sulfide) groups is 1. The number of carbonyl (C=O) groups excluding carboxylic acids is 2. The van der Waals surface area contributed by atoms with E-state index in [1.807, 2.05) is 78.9 Å². The summed E-state index contributed by atoms with van der Waals surface area (Å²) in [6.07, 6.45) is 2.07. The van der Waals surface area contributed by atoms with Crippen molar-refractivity contribution in [3.05, 3.63) is 95.6 Å². The van der Waals surface area contributed by atoms with Crippen molar-refractivity contribution in [2.75, 3.05) is 11.1 Å². The number of nitrogens with one attached hydrogen (secondary N) is 2. The lowest BCUT2D eigenvalue weighted by Crippen LogP contribution is -2.31. The van der Waals surface area contributed by atoms with Crippen LogP contribution < -0.4 is 10.8 Å². The van der Waals surface area contributed by atoms with Gasteiger partial charge in [0.15, 0.2) is 6.29 Å². The van der Waals surface area contributed by atoms with Crippen molar-refractivity contribution in [3.8, 4) is 5.69 Å². The van der Waals surface area contributed by atoms with Crippen LogP contribution in [0.4, 0.5) is 5.69 Å². The molecule has 236 valence electrons. The van der Waals surface area contributed by atoms with Crippen LogP contribution in [-0.4, -0.2) is 54.2 Å². The van der Waals surface area contributed by atoms with Crippen LogP contribution in [0, 0.1) is 0 Å². The molecular formula is C32H36N6O6S. The second-order valence-corrected chi connectivity index (χ2v) is 11.6. The lowest BCUT2D eigenvalue weighted by atomic mass is 10.0. The largest absolute Gasteiger partial charge is 0.392 e. The van der Waals surface area contributed by atoms with Crippen molar-refractivity contribution >= 4 is 29.3 Å². The van der Waals surface area contributed by atoms with Gasteiger partial charge in [-0.15, -0.1) is 5.10 Å². The minimum atomic E-state index is -0.641. The van der Waals surface area contributed by atoms with Gasteiger partial charge in [0.1, 0.15) is 0 Å². The molecule has 2 amide bonds. The number of aliphatic hydroxyl groups is 1. The SMILES string of the molecule is O=C(CCCCCC(=O)Nc1ccc([C@@H]2O[C@H](CSc3nnnn3-c3ccccc3)C[C@H](c3ccc(CO)cc3)O2)cc1)NO. The van der Waals surface area contributed by atoms with E-state index in [1.54, 1.807) is 10.2 Å². The van der Waals surface area contributed by atoms with Crippen LogP contribution >= 0.6 is 11.8 Å². The maximum Gasteiger partial charge on any atom is 0.243 e.